The van der Waals surface area contributed by atoms with Gasteiger partial charge in [-0.15, -0.1) is 0 Å². The number of benzene rings is 2. The molecule has 2 aromatic carbocycles. The van der Waals surface area contributed by atoms with Crippen molar-refractivity contribution in [1.82, 2.24) is 4.90 Å². The highest BCUT2D eigenvalue weighted by atomic mass is 35.5. The molecule has 2 aromatic rings. The average Bonchev–Trinajstić information content (AvgIpc) is 2.99. The molecule has 0 fully saturated rings. The third-order valence-corrected chi connectivity index (χ3v) is 5.48. The van der Waals surface area contributed by atoms with Crippen molar-refractivity contribution in [2.24, 2.45) is 0 Å². The standard InChI is InChI=1S/C24H27ClN2O4/c1-16-5-10-20(17(2)15-16)27-23(28)21(18-6-8-19(25)9-7-18)22(24(27)29)26(11-13-30-3)12-14-31-4/h5-10,15H,11-14H2,1-4H3. The van der Waals surface area contributed by atoms with Crippen molar-refractivity contribution in [3.63, 3.8) is 0 Å². The van der Waals surface area contributed by atoms with Gasteiger partial charge in [0.25, 0.3) is 11.8 Å². The van der Waals surface area contributed by atoms with Crippen LogP contribution in [-0.4, -0.2) is 57.2 Å². The zero-order valence-corrected chi connectivity index (χ0v) is 19.0. The van der Waals surface area contributed by atoms with Gasteiger partial charge >= 0.3 is 0 Å². The van der Waals surface area contributed by atoms with Crippen molar-refractivity contribution >= 4 is 34.7 Å². The fourth-order valence-electron chi connectivity index (χ4n) is 3.70. The molecular formula is C24H27ClN2O4. The average molecular weight is 443 g/mol. The minimum Gasteiger partial charge on any atom is -0.383 e. The van der Waals surface area contributed by atoms with Crippen LogP contribution in [0.15, 0.2) is 48.2 Å². The number of hydrogen-bond donors (Lipinski definition) is 0. The highest BCUT2D eigenvalue weighted by Gasteiger charge is 2.42. The number of carbonyl (C=O) groups excluding carboxylic acids is 2. The first kappa shape index (κ1) is 23.0. The molecule has 0 bridgehead atoms. The van der Waals surface area contributed by atoms with Crippen LogP contribution in [0.1, 0.15) is 16.7 Å². The van der Waals surface area contributed by atoms with E-state index < -0.39 is 0 Å². The summed E-state index contributed by atoms with van der Waals surface area (Å²) < 4.78 is 10.5. The second-order valence-corrected chi connectivity index (χ2v) is 7.88. The fourth-order valence-corrected chi connectivity index (χ4v) is 3.83. The first-order valence-corrected chi connectivity index (χ1v) is 10.5. The SMILES string of the molecule is COCCN(CCOC)C1=C(c2ccc(Cl)cc2)C(=O)N(c2ccc(C)cc2C)C1=O. The maximum atomic E-state index is 13.7. The van der Waals surface area contributed by atoms with Crippen LogP contribution in [0.5, 0.6) is 0 Å². The quantitative estimate of drug-likeness (QED) is 0.552. The number of imide groups is 1. The predicted molar refractivity (Wildman–Crippen MR) is 122 cm³/mol. The second-order valence-electron chi connectivity index (χ2n) is 7.44. The van der Waals surface area contributed by atoms with E-state index in [1.54, 1.807) is 38.5 Å². The van der Waals surface area contributed by atoms with Gasteiger partial charge in [0, 0.05) is 32.3 Å². The smallest absolute Gasteiger partial charge is 0.282 e. The van der Waals surface area contributed by atoms with Gasteiger partial charge in [-0.25, -0.2) is 4.90 Å². The van der Waals surface area contributed by atoms with Gasteiger partial charge in [-0.2, -0.15) is 0 Å². The maximum absolute atomic E-state index is 13.7. The Labute approximate surface area is 188 Å². The maximum Gasteiger partial charge on any atom is 0.282 e. The van der Waals surface area contributed by atoms with Crippen molar-refractivity contribution in [3.8, 4) is 0 Å². The molecule has 3 rings (SSSR count). The highest BCUT2D eigenvalue weighted by molar-refractivity contribution is 6.45. The largest absolute Gasteiger partial charge is 0.383 e. The molecule has 0 saturated carbocycles. The molecule has 2 amide bonds. The third kappa shape index (κ3) is 4.82. The molecule has 0 spiro atoms. The second kappa shape index (κ2) is 10.1. The van der Waals surface area contributed by atoms with Crippen LogP contribution >= 0.6 is 11.6 Å². The number of aryl methyl sites for hydroxylation is 2. The zero-order valence-electron chi connectivity index (χ0n) is 18.3. The van der Waals surface area contributed by atoms with Gasteiger partial charge in [0.15, 0.2) is 0 Å². The van der Waals surface area contributed by atoms with E-state index in [9.17, 15) is 9.59 Å². The minimum atomic E-state index is -0.353. The van der Waals surface area contributed by atoms with Gasteiger partial charge in [0.2, 0.25) is 0 Å². The first-order chi connectivity index (χ1) is 14.9. The molecule has 6 nitrogen and oxygen atoms in total. The summed E-state index contributed by atoms with van der Waals surface area (Å²) in [4.78, 5) is 30.4. The summed E-state index contributed by atoms with van der Waals surface area (Å²) in [6.45, 7) is 5.59. The summed E-state index contributed by atoms with van der Waals surface area (Å²) in [5, 5.41) is 0.560. The lowest BCUT2D eigenvalue weighted by atomic mass is 10.0. The molecule has 0 N–H and O–H groups in total. The number of carbonyl (C=O) groups is 2. The number of nitrogens with zero attached hydrogens (tertiary/aromatic N) is 2. The lowest BCUT2D eigenvalue weighted by molar-refractivity contribution is -0.120. The molecule has 0 aliphatic carbocycles. The Morgan fingerprint density at radius 3 is 2.06 bits per heavy atom. The van der Waals surface area contributed by atoms with Gasteiger partial charge in [-0.1, -0.05) is 41.4 Å². The summed E-state index contributed by atoms with van der Waals surface area (Å²) in [5.41, 5.74) is 3.85. The Morgan fingerprint density at radius 1 is 0.903 bits per heavy atom. The molecule has 0 radical (unpaired) electrons. The molecule has 1 aliphatic heterocycles. The third-order valence-electron chi connectivity index (χ3n) is 5.23. The summed E-state index contributed by atoms with van der Waals surface area (Å²) in [5.74, 6) is -0.705. The number of methoxy groups -OCH3 is 2. The van der Waals surface area contributed by atoms with E-state index in [2.05, 4.69) is 0 Å². The summed E-state index contributed by atoms with van der Waals surface area (Å²) >= 11 is 6.06. The van der Waals surface area contributed by atoms with E-state index in [0.29, 0.717) is 53.8 Å². The Hall–Kier alpha value is -2.67. The van der Waals surface area contributed by atoms with Gasteiger partial charge in [-0.05, 0) is 43.2 Å². The normalized spacial score (nSPS) is 14.0. The van der Waals surface area contributed by atoms with Crippen LogP contribution in [0.4, 0.5) is 5.69 Å². The van der Waals surface area contributed by atoms with Crippen molar-refractivity contribution in [1.29, 1.82) is 0 Å². The molecule has 0 saturated heterocycles. The summed E-state index contributed by atoms with van der Waals surface area (Å²) in [7, 11) is 3.21. The van der Waals surface area contributed by atoms with Crippen molar-refractivity contribution in [3.05, 3.63) is 69.9 Å². The van der Waals surface area contributed by atoms with Crippen LogP contribution in [0, 0.1) is 13.8 Å². The monoisotopic (exact) mass is 442 g/mol. The number of hydrogen-bond acceptors (Lipinski definition) is 5. The molecule has 0 unspecified atom stereocenters. The minimum absolute atomic E-state index is 0.349. The van der Waals surface area contributed by atoms with E-state index >= 15 is 0 Å². The molecular weight excluding hydrogens is 416 g/mol. The van der Waals surface area contributed by atoms with Crippen LogP contribution in [0.2, 0.25) is 5.02 Å². The highest BCUT2D eigenvalue weighted by Crippen LogP contribution is 2.36. The number of anilines is 1. The topological polar surface area (TPSA) is 59.1 Å². The molecule has 7 heteroatoms. The van der Waals surface area contributed by atoms with E-state index in [-0.39, 0.29) is 11.8 Å². The van der Waals surface area contributed by atoms with Crippen LogP contribution < -0.4 is 4.90 Å². The Bertz CT molecular complexity index is 993. The summed E-state index contributed by atoms with van der Waals surface area (Å²) in [6.07, 6.45) is 0. The van der Waals surface area contributed by atoms with Gasteiger partial charge < -0.3 is 14.4 Å². The van der Waals surface area contributed by atoms with E-state index in [1.165, 1.54) is 4.90 Å². The first-order valence-electron chi connectivity index (χ1n) is 10.1. The molecule has 0 atom stereocenters. The predicted octanol–water partition coefficient (Wildman–Crippen LogP) is 3.84. The van der Waals surface area contributed by atoms with Crippen LogP contribution in [0.3, 0.4) is 0 Å². The number of rotatable bonds is 9. The number of amides is 2. The number of halogens is 1. The Balaban J connectivity index is 2.14. The van der Waals surface area contributed by atoms with Gasteiger partial charge in [0.1, 0.15) is 5.70 Å². The number of ether oxygens (including phenoxy) is 2. The van der Waals surface area contributed by atoms with E-state index in [1.807, 2.05) is 36.9 Å². The Kier molecular flexibility index (Phi) is 7.49. The molecule has 164 valence electrons. The van der Waals surface area contributed by atoms with E-state index in [0.717, 1.165) is 11.1 Å². The van der Waals surface area contributed by atoms with Crippen LogP contribution in [0.25, 0.3) is 5.57 Å². The fraction of sp³-hybridized carbons (Fsp3) is 0.333. The van der Waals surface area contributed by atoms with Gasteiger partial charge in [-0.3, -0.25) is 9.59 Å². The van der Waals surface area contributed by atoms with Crippen LogP contribution in [-0.2, 0) is 19.1 Å². The molecule has 31 heavy (non-hydrogen) atoms. The lowest BCUT2D eigenvalue weighted by Gasteiger charge is -2.26. The molecule has 1 heterocycles. The molecule has 1 aliphatic rings. The zero-order chi connectivity index (χ0) is 22.5. The van der Waals surface area contributed by atoms with E-state index in [4.69, 9.17) is 21.1 Å². The lowest BCUT2D eigenvalue weighted by Crippen LogP contribution is -2.38. The molecule has 0 aromatic heterocycles. The van der Waals surface area contributed by atoms with Crippen molar-refractivity contribution < 1.29 is 19.1 Å². The summed E-state index contributed by atoms with van der Waals surface area (Å²) in [6, 6.07) is 12.6. The van der Waals surface area contributed by atoms with Crippen molar-refractivity contribution in [2.75, 3.05) is 45.4 Å². The van der Waals surface area contributed by atoms with Gasteiger partial charge in [0.05, 0.1) is 24.5 Å². The van der Waals surface area contributed by atoms with Crippen molar-refractivity contribution in [2.45, 2.75) is 13.8 Å². The Morgan fingerprint density at radius 2 is 1.52 bits per heavy atom.